The first-order valence-corrected chi connectivity index (χ1v) is 10.8. The highest BCUT2D eigenvalue weighted by Gasteiger charge is 2.25. The highest BCUT2D eigenvalue weighted by Crippen LogP contribution is 2.24. The largest absolute Gasteiger partial charge is 0.378 e. The first-order valence-electron chi connectivity index (χ1n) is 10.8. The zero-order valence-electron chi connectivity index (χ0n) is 18.4. The highest BCUT2D eigenvalue weighted by molar-refractivity contribution is 14.0. The number of aliphatic imine (C=N–C) groups is 1. The van der Waals surface area contributed by atoms with Gasteiger partial charge in [0.05, 0.1) is 39.1 Å². The molecule has 2 aromatic rings. The van der Waals surface area contributed by atoms with Gasteiger partial charge >= 0.3 is 0 Å². The van der Waals surface area contributed by atoms with Crippen molar-refractivity contribution >= 4 is 35.6 Å². The molecule has 8 nitrogen and oxygen atoms in total. The number of hydrogen-bond donors (Lipinski definition) is 1. The number of rotatable bonds is 5. The molecule has 1 atom stereocenters. The standard InChI is InChI=1S/C22H32N6O2.HI/c1-3-23-22(28-10-13-30-21(17-28)19-15-25-26(2)16-19)24-14-18-6-4-5-7-20(18)27-8-11-29-12-9-27;/h4-7,15-16,21H,3,8-14,17H2,1-2H3,(H,23,24);1H. The minimum Gasteiger partial charge on any atom is -0.378 e. The lowest BCUT2D eigenvalue weighted by atomic mass is 10.1. The topological polar surface area (TPSA) is 67.2 Å². The van der Waals surface area contributed by atoms with E-state index in [1.165, 1.54) is 11.3 Å². The van der Waals surface area contributed by atoms with Crippen LogP contribution in [0.2, 0.25) is 0 Å². The summed E-state index contributed by atoms with van der Waals surface area (Å²) in [5.74, 6) is 0.937. The fourth-order valence-corrected chi connectivity index (χ4v) is 3.99. The van der Waals surface area contributed by atoms with Crippen LogP contribution in [-0.4, -0.2) is 73.2 Å². The number of halogens is 1. The molecule has 2 fully saturated rings. The van der Waals surface area contributed by atoms with Crippen LogP contribution in [-0.2, 0) is 23.1 Å². The molecule has 2 aliphatic rings. The average molecular weight is 540 g/mol. The van der Waals surface area contributed by atoms with Gasteiger partial charge in [-0.15, -0.1) is 24.0 Å². The van der Waals surface area contributed by atoms with E-state index in [0.717, 1.165) is 57.5 Å². The fourth-order valence-electron chi connectivity index (χ4n) is 3.99. The van der Waals surface area contributed by atoms with E-state index in [4.69, 9.17) is 14.5 Å². The molecule has 0 saturated carbocycles. The Hall–Kier alpha value is -1.85. The molecule has 31 heavy (non-hydrogen) atoms. The Morgan fingerprint density at radius 1 is 1.19 bits per heavy atom. The molecule has 1 aromatic carbocycles. The van der Waals surface area contributed by atoms with E-state index < -0.39 is 0 Å². The van der Waals surface area contributed by atoms with Crippen molar-refractivity contribution in [2.75, 3.05) is 57.4 Å². The van der Waals surface area contributed by atoms with Crippen molar-refractivity contribution in [3.63, 3.8) is 0 Å². The van der Waals surface area contributed by atoms with Crippen LogP contribution in [0.25, 0.3) is 0 Å². The maximum atomic E-state index is 6.00. The van der Waals surface area contributed by atoms with E-state index in [0.29, 0.717) is 13.2 Å². The third kappa shape index (κ3) is 6.11. The Labute approximate surface area is 201 Å². The van der Waals surface area contributed by atoms with E-state index in [-0.39, 0.29) is 30.1 Å². The SMILES string of the molecule is CCNC(=NCc1ccccc1N1CCOCC1)N1CCOC(c2cnn(C)c2)C1.I. The van der Waals surface area contributed by atoms with Gasteiger partial charge in [-0.3, -0.25) is 4.68 Å². The van der Waals surface area contributed by atoms with Gasteiger partial charge in [-0.2, -0.15) is 5.10 Å². The molecule has 9 heteroatoms. The summed E-state index contributed by atoms with van der Waals surface area (Å²) in [5, 5.41) is 7.75. The number of para-hydroxylation sites is 1. The summed E-state index contributed by atoms with van der Waals surface area (Å²) in [6.45, 7) is 9.27. The van der Waals surface area contributed by atoms with E-state index >= 15 is 0 Å². The molecule has 4 rings (SSSR count). The van der Waals surface area contributed by atoms with Gasteiger partial charge < -0.3 is 24.6 Å². The summed E-state index contributed by atoms with van der Waals surface area (Å²) in [6, 6.07) is 8.56. The summed E-state index contributed by atoms with van der Waals surface area (Å²) in [4.78, 5) is 9.68. The van der Waals surface area contributed by atoms with Gasteiger partial charge in [0.1, 0.15) is 6.10 Å². The van der Waals surface area contributed by atoms with E-state index in [1.807, 2.05) is 24.1 Å². The number of anilines is 1. The predicted octanol–water partition coefficient (Wildman–Crippen LogP) is 2.41. The van der Waals surface area contributed by atoms with Crippen molar-refractivity contribution in [3.8, 4) is 0 Å². The molecular formula is C22H33IN6O2. The Morgan fingerprint density at radius 2 is 2.00 bits per heavy atom. The summed E-state index contributed by atoms with van der Waals surface area (Å²) in [7, 11) is 1.93. The number of aromatic nitrogens is 2. The van der Waals surface area contributed by atoms with Crippen LogP contribution < -0.4 is 10.2 Å². The maximum absolute atomic E-state index is 6.00. The summed E-state index contributed by atoms with van der Waals surface area (Å²) in [5.41, 5.74) is 3.61. The third-order valence-electron chi connectivity index (χ3n) is 5.54. The van der Waals surface area contributed by atoms with Crippen LogP contribution in [0.15, 0.2) is 41.7 Å². The lowest BCUT2D eigenvalue weighted by molar-refractivity contribution is -0.00805. The van der Waals surface area contributed by atoms with Gasteiger partial charge in [0, 0.05) is 50.7 Å². The fraction of sp³-hybridized carbons (Fsp3) is 0.545. The van der Waals surface area contributed by atoms with Crippen LogP contribution in [0.5, 0.6) is 0 Å². The maximum Gasteiger partial charge on any atom is 0.194 e. The molecule has 0 radical (unpaired) electrons. The zero-order chi connectivity index (χ0) is 20.8. The Kier molecular flexibility index (Phi) is 8.97. The van der Waals surface area contributed by atoms with Gasteiger partial charge in [0.25, 0.3) is 0 Å². The number of nitrogens with one attached hydrogen (secondary N) is 1. The first-order chi connectivity index (χ1) is 14.7. The molecule has 1 aromatic heterocycles. The van der Waals surface area contributed by atoms with Crippen molar-refractivity contribution in [2.45, 2.75) is 19.6 Å². The lowest BCUT2D eigenvalue weighted by Gasteiger charge is -2.35. The Balaban J connectivity index is 0.00000272. The van der Waals surface area contributed by atoms with Crippen molar-refractivity contribution in [2.24, 2.45) is 12.0 Å². The number of ether oxygens (including phenoxy) is 2. The normalized spacial score (nSPS) is 19.8. The molecule has 2 saturated heterocycles. The summed E-state index contributed by atoms with van der Waals surface area (Å²) < 4.78 is 13.3. The Morgan fingerprint density at radius 3 is 2.74 bits per heavy atom. The van der Waals surface area contributed by atoms with Gasteiger partial charge in [-0.05, 0) is 18.6 Å². The number of guanidine groups is 1. The second-order valence-electron chi connectivity index (χ2n) is 7.65. The zero-order valence-corrected chi connectivity index (χ0v) is 20.7. The molecular weight excluding hydrogens is 507 g/mol. The monoisotopic (exact) mass is 540 g/mol. The van der Waals surface area contributed by atoms with Crippen molar-refractivity contribution in [3.05, 3.63) is 47.8 Å². The second-order valence-corrected chi connectivity index (χ2v) is 7.65. The van der Waals surface area contributed by atoms with Gasteiger partial charge in [-0.1, -0.05) is 18.2 Å². The smallest absolute Gasteiger partial charge is 0.194 e. The van der Waals surface area contributed by atoms with Crippen molar-refractivity contribution < 1.29 is 9.47 Å². The number of benzene rings is 1. The molecule has 0 amide bonds. The van der Waals surface area contributed by atoms with Crippen molar-refractivity contribution in [1.82, 2.24) is 20.0 Å². The molecule has 2 aliphatic heterocycles. The molecule has 0 bridgehead atoms. The molecule has 3 heterocycles. The van der Waals surface area contributed by atoms with Crippen molar-refractivity contribution in [1.29, 1.82) is 0 Å². The van der Waals surface area contributed by atoms with Crippen LogP contribution in [0.1, 0.15) is 24.2 Å². The second kappa shape index (κ2) is 11.7. The predicted molar refractivity (Wildman–Crippen MR) is 133 cm³/mol. The number of morpholine rings is 2. The summed E-state index contributed by atoms with van der Waals surface area (Å²) in [6.07, 6.45) is 3.92. The number of nitrogens with zero attached hydrogens (tertiary/aromatic N) is 5. The average Bonchev–Trinajstić information content (AvgIpc) is 3.24. The van der Waals surface area contributed by atoms with Gasteiger partial charge in [0.15, 0.2) is 5.96 Å². The molecule has 1 unspecified atom stereocenters. The molecule has 1 N–H and O–H groups in total. The van der Waals surface area contributed by atoms with Gasteiger partial charge in [0.2, 0.25) is 0 Å². The quantitative estimate of drug-likeness (QED) is 0.357. The third-order valence-corrected chi connectivity index (χ3v) is 5.54. The van der Waals surface area contributed by atoms with E-state index in [1.54, 1.807) is 0 Å². The minimum absolute atomic E-state index is 0. The number of hydrogen-bond acceptors (Lipinski definition) is 5. The molecule has 170 valence electrons. The lowest BCUT2D eigenvalue weighted by Crippen LogP contribution is -2.48. The first kappa shape index (κ1) is 23.8. The Bertz CT molecular complexity index is 852. The van der Waals surface area contributed by atoms with Crippen LogP contribution >= 0.6 is 24.0 Å². The molecule has 0 spiro atoms. The molecule has 0 aliphatic carbocycles. The van der Waals surface area contributed by atoms with Crippen LogP contribution in [0, 0.1) is 0 Å². The van der Waals surface area contributed by atoms with Gasteiger partial charge in [-0.25, -0.2) is 4.99 Å². The highest BCUT2D eigenvalue weighted by atomic mass is 127. The minimum atomic E-state index is 0. The summed E-state index contributed by atoms with van der Waals surface area (Å²) >= 11 is 0. The van der Waals surface area contributed by atoms with Crippen LogP contribution in [0.4, 0.5) is 5.69 Å². The number of aryl methyl sites for hydroxylation is 1. The van der Waals surface area contributed by atoms with E-state index in [2.05, 4.69) is 51.4 Å². The van der Waals surface area contributed by atoms with Crippen LogP contribution in [0.3, 0.4) is 0 Å². The van der Waals surface area contributed by atoms with E-state index in [9.17, 15) is 0 Å².